The maximum Gasteiger partial charge on any atom is 0.217 e. The molecule has 1 amide bonds. The Morgan fingerprint density at radius 2 is 1.73 bits per heavy atom. The van der Waals surface area contributed by atoms with Crippen molar-refractivity contribution in [1.82, 2.24) is 10.2 Å². The normalized spacial score (nSPS) is 14.4. The van der Waals surface area contributed by atoms with Gasteiger partial charge in [0, 0.05) is 38.2 Å². The van der Waals surface area contributed by atoms with Crippen LogP contribution in [0.2, 0.25) is 5.02 Å². The van der Waals surface area contributed by atoms with Gasteiger partial charge in [-0.3, -0.25) is 9.59 Å². The van der Waals surface area contributed by atoms with E-state index in [4.69, 9.17) is 16.3 Å². The Labute approximate surface area is 243 Å². The Hall–Kier alpha value is -3.41. The number of amides is 1. The van der Waals surface area contributed by atoms with Crippen LogP contribution in [0.15, 0.2) is 54.6 Å². The number of likely N-dealkylation sites (tertiary alicyclic amines) is 1. The van der Waals surface area contributed by atoms with Crippen molar-refractivity contribution in [2.45, 2.75) is 59.6 Å². The SMILES string of the molecule is CC(=O)NC1CCN(CCC=Cc2cccc(-c3cccc(COc4cc(C)c(C=O)cc4Cl)c3C)c2C)CC1. The van der Waals surface area contributed by atoms with E-state index >= 15 is 0 Å². The molecule has 0 atom stereocenters. The second-order valence-electron chi connectivity index (χ2n) is 10.7. The van der Waals surface area contributed by atoms with Crippen LogP contribution in [0.1, 0.15) is 64.4 Å². The van der Waals surface area contributed by atoms with E-state index in [2.05, 4.69) is 72.6 Å². The molecule has 1 aliphatic rings. The van der Waals surface area contributed by atoms with E-state index < -0.39 is 0 Å². The summed E-state index contributed by atoms with van der Waals surface area (Å²) in [5.41, 5.74) is 8.55. The van der Waals surface area contributed by atoms with Crippen molar-refractivity contribution < 1.29 is 14.3 Å². The molecular formula is C34H39ClN2O3. The molecule has 1 aliphatic heterocycles. The molecule has 0 spiro atoms. The van der Waals surface area contributed by atoms with Gasteiger partial charge in [-0.15, -0.1) is 0 Å². The molecule has 5 nitrogen and oxygen atoms in total. The standard InChI is InChI=1S/C34H39ClN2O3/c1-23-19-34(33(35)20-29(23)21-38)40-22-28-11-8-13-32(25(28)3)31-12-7-10-27(24(31)2)9-5-6-16-37-17-14-30(15-18-37)36-26(4)39/h5,7-13,19-21,30H,6,14-18,22H2,1-4H3,(H,36,39). The summed E-state index contributed by atoms with van der Waals surface area (Å²) in [5, 5.41) is 3.48. The molecule has 0 bridgehead atoms. The third-order valence-corrected chi connectivity index (χ3v) is 8.14. The number of rotatable bonds is 10. The molecule has 3 aromatic rings. The van der Waals surface area contributed by atoms with Crippen molar-refractivity contribution in [3.63, 3.8) is 0 Å². The van der Waals surface area contributed by atoms with Crippen LogP contribution in [0.3, 0.4) is 0 Å². The zero-order chi connectivity index (χ0) is 28.6. The zero-order valence-electron chi connectivity index (χ0n) is 23.9. The van der Waals surface area contributed by atoms with Crippen molar-refractivity contribution in [2.75, 3.05) is 19.6 Å². The lowest BCUT2D eigenvalue weighted by Crippen LogP contribution is -2.44. The van der Waals surface area contributed by atoms with Crippen LogP contribution in [0.4, 0.5) is 0 Å². The number of carbonyl (C=O) groups is 2. The minimum atomic E-state index is 0.0662. The summed E-state index contributed by atoms with van der Waals surface area (Å²) in [4.78, 5) is 25.0. The number of halogens is 1. The first-order chi connectivity index (χ1) is 19.3. The molecule has 3 aromatic carbocycles. The Bertz CT molecular complexity index is 1390. The number of ether oxygens (including phenoxy) is 1. The molecule has 1 heterocycles. The van der Waals surface area contributed by atoms with Gasteiger partial charge in [0.05, 0.1) is 5.02 Å². The van der Waals surface area contributed by atoms with E-state index in [0.717, 1.165) is 56.3 Å². The minimum absolute atomic E-state index is 0.0662. The molecule has 0 saturated carbocycles. The van der Waals surface area contributed by atoms with Gasteiger partial charge in [-0.1, -0.05) is 60.2 Å². The number of piperidine rings is 1. The van der Waals surface area contributed by atoms with Crippen LogP contribution >= 0.6 is 11.6 Å². The Balaban J connectivity index is 1.40. The van der Waals surface area contributed by atoms with Crippen LogP contribution in [-0.2, 0) is 11.4 Å². The van der Waals surface area contributed by atoms with Crippen LogP contribution in [-0.4, -0.2) is 42.8 Å². The summed E-state index contributed by atoms with van der Waals surface area (Å²) in [6.07, 6.45) is 8.35. The third kappa shape index (κ3) is 7.41. The highest BCUT2D eigenvalue weighted by molar-refractivity contribution is 6.32. The molecule has 0 aromatic heterocycles. The van der Waals surface area contributed by atoms with E-state index in [1.807, 2.05) is 13.0 Å². The monoisotopic (exact) mass is 558 g/mol. The average Bonchev–Trinajstić information content (AvgIpc) is 2.93. The van der Waals surface area contributed by atoms with Crippen molar-refractivity contribution in [2.24, 2.45) is 0 Å². The van der Waals surface area contributed by atoms with Crippen LogP contribution in [0.5, 0.6) is 5.75 Å². The van der Waals surface area contributed by atoms with E-state index in [1.54, 1.807) is 13.0 Å². The van der Waals surface area contributed by atoms with E-state index in [0.29, 0.717) is 29.0 Å². The maximum atomic E-state index is 11.3. The summed E-state index contributed by atoms with van der Waals surface area (Å²) in [6, 6.07) is 16.6. The van der Waals surface area contributed by atoms with Gasteiger partial charge >= 0.3 is 0 Å². The van der Waals surface area contributed by atoms with Gasteiger partial charge in [0.2, 0.25) is 5.91 Å². The Kier molecular flexibility index (Phi) is 10.2. The molecule has 0 radical (unpaired) electrons. The fraction of sp³-hybridized carbons (Fsp3) is 0.353. The van der Waals surface area contributed by atoms with Gasteiger partial charge in [-0.2, -0.15) is 0 Å². The molecule has 4 rings (SSSR count). The van der Waals surface area contributed by atoms with Gasteiger partial charge in [0.15, 0.2) is 0 Å². The summed E-state index contributed by atoms with van der Waals surface area (Å²) in [7, 11) is 0. The molecule has 1 fully saturated rings. The molecule has 40 heavy (non-hydrogen) atoms. The number of nitrogens with zero attached hydrogens (tertiary/aromatic N) is 1. The summed E-state index contributed by atoms with van der Waals surface area (Å²) in [6.45, 7) is 11.3. The summed E-state index contributed by atoms with van der Waals surface area (Å²) >= 11 is 6.36. The first-order valence-corrected chi connectivity index (χ1v) is 14.4. The minimum Gasteiger partial charge on any atom is -0.487 e. The molecule has 1 N–H and O–H groups in total. The largest absolute Gasteiger partial charge is 0.487 e. The predicted octanol–water partition coefficient (Wildman–Crippen LogP) is 7.33. The van der Waals surface area contributed by atoms with Gasteiger partial charge in [0.25, 0.3) is 0 Å². The van der Waals surface area contributed by atoms with Crippen LogP contribution in [0, 0.1) is 20.8 Å². The number of aryl methyl sites for hydroxylation is 1. The molecular weight excluding hydrogens is 520 g/mol. The lowest BCUT2D eigenvalue weighted by molar-refractivity contribution is -0.119. The van der Waals surface area contributed by atoms with Crippen molar-refractivity contribution in [3.8, 4) is 16.9 Å². The fourth-order valence-corrected chi connectivity index (χ4v) is 5.60. The number of aldehydes is 1. The molecule has 1 saturated heterocycles. The number of carbonyl (C=O) groups excluding carboxylic acids is 2. The van der Waals surface area contributed by atoms with Crippen molar-refractivity contribution in [1.29, 1.82) is 0 Å². The van der Waals surface area contributed by atoms with Crippen molar-refractivity contribution in [3.05, 3.63) is 93.0 Å². The molecule has 210 valence electrons. The first-order valence-electron chi connectivity index (χ1n) is 14.0. The highest BCUT2D eigenvalue weighted by Gasteiger charge is 2.19. The average molecular weight is 559 g/mol. The van der Waals surface area contributed by atoms with Gasteiger partial charge < -0.3 is 15.0 Å². The van der Waals surface area contributed by atoms with Crippen LogP contribution in [0.25, 0.3) is 17.2 Å². The lowest BCUT2D eigenvalue weighted by Gasteiger charge is -2.31. The van der Waals surface area contributed by atoms with Gasteiger partial charge in [0.1, 0.15) is 18.6 Å². The number of hydrogen-bond donors (Lipinski definition) is 1. The van der Waals surface area contributed by atoms with Crippen LogP contribution < -0.4 is 10.1 Å². The molecule has 0 unspecified atom stereocenters. The van der Waals surface area contributed by atoms with Crippen molar-refractivity contribution >= 4 is 29.9 Å². The van der Waals surface area contributed by atoms with E-state index in [1.165, 1.54) is 27.8 Å². The summed E-state index contributed by atoms with van der Waals surface area (Å²) in [5.74, 6) is 0.645. The fourth-order valence-electron chi connectivity index (χ4n) is 5.38. The quantitative estimate of drug-likeness (QED) is 0.265. The number of benzene rings is 3. The second-order valence-corrected chi connectivity index (χ2v) is 11.1. The Morgan fingerprint density at radius 1 is 1.02 bits per heavy atom. The van der Waals surface area contributed by atoms with Gasteiger partial charge in [-0.25, -0.2) is 0 Å². The summed E-state index contributed by atoms with van der Waals surface area (Å²) < 4.78 is 6.09. The smallest absolute Gasteiger partial charge is 0.217 e. The predicted molar refractivity (Wildman–Crippen MR) is 164 cm³/mol. The maximum absolute atomic E-state index is 11.3. The third-order valence-electron chi connectivity index (χ3n) is 7.85. The zero-order valence-corrected chi connectivity index (χ0v) is 24.7. The topological polar surface area (TPSA) is 58.6 Å². The van der Waals surface area contributed by atoms with Gasteiger partial charge in [-0.05, 0) is 91.1 Å². The van der Waals surface area contributed by atoms with E-state index in [9.17, 15) is 9.59 Å². The highest BCUT2D eigenvalue weighted by atomic mass is 35.5. The molecule has 0 aliphatic carbocycles. The number of nitrogens with one attached hydrogen (secondary N) is 1. The second kappa shape index (κ2) is 13.8. The lowest BCUT2D eigenvalue weighted by atomic mass is 9.91. The number of hydrogen-bond acceptors (Lipinski definition) is 4. The first kappa shape index (κ1) is 29.6. The highest BCUT2D eigenvalue weighted by Crippen LogP contribution is 2.32. The molecule has 6 heteroatoms. The Morgan fingerprint density at radius 3 is 2.42 bits per heavy atom. The van der Waals surface area contributed by atoms with E-state index in [-0.39, 0.29) is 5.91 Å².